The number of hydrogen-bond acceptors (Lipinski definition) is 3. The summed E-state index contributed by atoms with van der Waals surface area (Å²) in [6.07, 6.45) is 2.31. The maximum absolute atomic E-state index is 12.5. The van der Waals surface area contributed by atoms with E-state index in [4.69, 9.17) is 5.11 Å². The fraction of sp³-hybridized carbons (Fsp3) is 0.312. The summed E-state index contributed by atoms with van der Waals surface area (Å²) in [5.74, 6) is -1.52. The molecule has 3 rings (SSSR count). The van der Waals surface area contributed by atoms with Gasteiger partial charge in [-0.15, -0.1) is 0 Å². The van der Waals surface area contributed by atoms with Crippen molar-refractivity contribution in [2.45, 2.75) is 13.3 Å². The summed E-state index contributed by atoms with van der Waals surface area (Å²) in [5, 5.41) is 13.4. The van der Waals surface area contributed by atoms with Gasteiger partial charge in [0.15, 0.2) is 5.69 Å². The smallest absolute Gasteiger partial charge is 0.308 e. The third-order valence-corrected chi connectivity index (χ3v) is 3.95. The number of amides is 1. The third kappa shape index (κ3) is 2.59. The van der Waals surface area contributed by atoms with E-state index >= 15 is 0 Å². The van der Waals surface area contributed by atoms with Crippen LogP contribution in [0.1, 0.15) is 22.5 Å². The van der Waals surface area contributed by atoms with Gasteiger partial charge in [0.25, 0.3) is 5.91 Å². The molecule has 22 heavy (non-hydrogen) atoms. The predicted octanol–water partition coefficient (Wildman–Crippen LogP) is 1.73. The molecule has 0 aliphatic carbocycles. The number of benzene rings is 1. The lowest BCUT2D eigenvalue weighted by Crippen LogP contribution is -2.30. The van der Waals surface area contributed by atoms with Crippen LogP contribution in [0.25, 0.3) is 5.69 Å². The quantitative estimate of drug-likeness (QED) is 0.936. The van der Waals surface area contributed by atoms with Crippen molar-refractivity contribution in [3.05, 3.63) is 47.8 Å². The molecule has 6 nitrogen and oxygen atoms in total. The Hall–Kier alpha value is -2.63. The van der Waals surface area contributed by atoms with Crippen LogP contribution in [0.2, 0.25) is 0 Å². The van der Waals surface area contributed by atoms with Gasteiger partial charge in [0.1, 0.15) is 0 Å². The van der Waals surface area contributed by atoms with E-state index in [-0.39, 0.29) is 12.5 Å². The second-order valence-corrected chi connectivity index (χ2v) is 5.52. The molecule has 1 saturated heterocycles. The molecular formula is C16H17N3O3. The standard InChI is InChI=1S/C16H17N3O3/c1-11-9-19(13-5-3-2-4-6-13)17-14(11)15(20)18-8-7-12(10-18)16(21)22/h2-6,9,12H,7-8,10H2,1H3,(H,21,22). The Kier molecular flexibility index (Phi) is 3.66. The molecule has 114 valence electrons. The number of para-hydroxylation sites is 1. The van der Waals surface area contributed by atoms with Gasteiger partial charge in [-0.1, -0.05) is 18.2 Å². The molecule has 1 aliphatic heterocycles. The fourth-order valence-electron chi connectivity index (χ4n) is 2.68. The molecule has 0 spiro atoms. The summed E-state index contributed by atoms with van der Waals surface area (Å²) >= 11 is 0. The minimum Gasteiger partial charge on any atom is -0.481 e. The molecule has 1 unspecified atom stereocenters. The fourth-order valence-corrected chi connectivity index (χ4v) is 2.68. The normalized spacial score (nSPS) is 17.7. The van der Waals surface area contributed by atoms with Crippen LogP contribution in [0.3, 0.4) is 0 Å². The van der Waals surface area contributed by atoms with Gasteiger partial charge >= 0.3 is 5.97 Å². The van der Waals surface area contributed by atoms with E-state index in [9.17, 15) is 9.59 Å². The van der Waals surface area contributed by atoms with Gasteiger partial charge < -0.3 is 10.0 Å². The number of rotatable bonds is 3. The third-order valence-electron chi connectivity index (χ3n) is 3.95. The highest BCUT2D eigenvalue weighted by atomic mass is 16.4. The highest BCUT2D eigenvalue weighted by Gasteiger charge is 2.32. The summed E-state index contributed by atoms with van der Waals surface area (Å²) in [6, 6.07) is 9.56. The number of aliphatic carboxylic acids is 1. The maximum atomic E-state index is 12.5. The first-order valence-electron chi connectivity index (χ1n) is 7.20. The first-order valence-corrected chi connectivity index (χ1v) is 7.20. The van der Waals surface area contributed by atoms with Gasteiger partial charge in [-0.05, 0) is 25.5 Å². The van der Waals surface area contributed by atoms with Crippen molar-refractivity contribution < 1.29 is 14.7 Å². The Morgan fingerprint density at radius 2 is 2.00 bits per heavy atom. The zero-order chi connectivity index (χ0) is 15.7. The molecular weight excluding hydrogens is 282 g/mol. The van der Waals surface area contributed by atoms with Crippen LogP contribution in [0.4, 0.5) is 0 Å². The maximum Gasteiger partial charge on any atom is 0.308 e. The zero-order valence-corrected chi connectivity index (χ0v) is 12.3. The topological polar surface area (TPSA) is 75.4 Å². The van der Waals surface area contributed by atoms with Crippen molar-refractivity contribution in [2.24, 2.45) is 5.92 Å². The van der Waals surface area contributed by atoms with Gasteiger partial charge in [-0.3, -0.25) is 9.59 Å². The Bertz CT molecular complexity index is 709. The van der Waals surface area contributed by atoms with Crippen molar-refractivity contribution in [1.82, 2.24) is 14.7 Å². The minimum atomic E-state index is -0.846. The molecule has 2 heterocycles. The molecule has 6 heteroatoms. The molecule has 1 fully saturated rings. The second-order valence-electron chi connectivity index (χ2n) is 5.52. The molecule has 0 bridgehead atoms. The molecule has 1 aliphatic rings. The average Bonchev–Trinajstić information content (AvgIpc) is 3.14. The molecule has 1 aromatic carbocycles. The van der Waals surface area contributed by atoms with E-state index in [2.05, 4.69) is 5.10 Å². The van der Waals surface area contributed by atoms with Crippen molar-refractivity contribution in [3.63, 3.8) is 0 Å². The number of carbonyl (C=O) groups excluding carboxylic acids is 1. The molecule has 1 amide bonds. The van der Waals surface area contributed by atoms with Crippen molar-refractivity contribution in [1.29, 1.82) is 0 Å². The Morgan fingerprint density at radius 1 is 1.27 bits per heavy atom. The van der Waals surface area contributed by atoms with Gasteiger partial charge in [0, 0.05) is 24.8 Å². The van der Waals surface area contributed by atoms with Crippen LogP contribution < -0.4 is 0 Å². The summed E-state index contributed by atoms with van der Waals surface area (Å²) in [7, 11) is 0. The SMILES string of the molecule is Cc1cn(-c2ccccc2)nc1C(=O)N1CCC(C(=O)O)C1. The van der Waals surface area contributed by atoms with Crippen LogP contribution in [0.15, 0.2) is 36.5 Å². The van der Waals surface area contributed by atoms with Crippen LogP contribution >= 0.6 is 0 Å². The number of likely N-dealkylation sites (tertiary alicyclic amines) is 1. The number of hydrogen-bond donors (Lipinski definition) is 1. The Morgan fingerprint density at radius 3 is 2.64 bits per heavy atom. The van der Waals surface area contributed by atoms with Gasteiger partial charge in [-0.2, -0.15) is 5.10 Å². The van der Waals surface area contributed by atoms with Crippen molar-refractivity contribution >= 4 is 11.9 Å². The molecule has 1 aromatic heterocycles. The number of aromatic nitrogens is 2. The molecule has 0 radical (unpaired) electrons. The summed E-state index contributed by atoms with van der Waals surface area (Å²) in [5.41, 5.74) is 2.05. The van der Waals surface area contributed by atoms with Crippen LogP contribution in [-0.4, -0.2) is 44.8 Å². The summed E-state index contributed by atoms with van der Waals surface area (Å²) in [4.78, 5) is 25.1. The molecule has 0 saturated carbocycles. The monoisotopic (exact) mass is 299 g/mol. The number of carboxylic acids is 1. The number of carbonyl (C=O) groups is 2. The lowest BCUT2D eigenvalue weighted by Gasteiger charge is -2.14. The predicted molar refractivity (Wildman–Crippen MR) is 79.9 cm³/mol. The van der Waals surface area contributed by atoms with Gasteiger partial charge in [0.05, 0.1) is 11.6 Å². The first-order chi connectivity index (χ1) is 10.6. The minimum absolute atomic E-state index is 0.198. The lowest BCUT2D eigenvalue weighted by atomic mass is 10.1. The van der Waals surface area contributed by atoms with Crippen LogP contribution in [0.5, 0.6) is 0 Å². The average molecular weight is 299 g/mol. The van der Waals surface area contributed by atoms with Crippen molar-refractivity contribution in [2.75, 3.05) is 13.1 Å². The van der Waals surface area contributed by atoms with Crippen LogP contribution in [-0.2, 0) is 4.79 Å². The van der Waals surface area contributed by atoms with E-state index < -0.39 is 11.9 Å². The Balaban J connectivity index is 1.82. The summed E-state index contributed by atoms with van der Waals surface area (Å²) in [6.45, 7) is 2.56. The van der Waals surface area contributed by atoms with Crippen molar-refractivity contribution in [3.8, 4) is 5.69 Å². The highest BCUT2D eigenvalue weighted by Crippen LogP contribution is 2.20. The van der Waals surface area contributed by atoms with E-state index in [1.54, 1.807) is 9.58 Å². The van der Waals surface area contributed by atoms with Gasteiger partial charge in [-0.25, -0.2) is 4.68 Å². The highest BCUT2D eigenvalue weighted by molar-refractivity contribution is 5.94. The van der Waals surface area contributed by atoms with E-state index in [0.717, 1.165) is 11.3 Å². The lowest BCUT2D eigenvalue weighted by molar-refractivity contribution is -0.141. The largest absolute Gasteiger partial charge is 0.481 e. The van der Waals surface area contributed by atoms with E-state index in [1.807, 2.05) is 43.5 Å². The molecule has 2 aromatic rings. The Labute approximate surface area is 128 Å². The number of carboxylic acid groups (broad SMARTS) is 1. The van der Waals surface area contributed by atoms with Crippen LogP contribution in [0, 0.1) is 12.8 Å². The molecule has 1 atom stereocenters. The zero-order valence-electron chi connectivity index (χ0n) is 12.3. The number of aryl methyl sites for hydroxylation is 1. The summed E-state index contributed by atoms with van der Waals surface area (Å²) < 4.78 is 1.67. The second kappa shape index (κ2) is 5.63. The molecule has 1 N–H and O–H groups in total. The van der Waals surface area contributed by atoms with E-state index in [1.165, 1.54) is 0 Å². The van der Waals surface area contributed by atoms with Gasteiger partial charge in [0.2, 0.25) is 0 Å². The first kappa shape index (κ1) is 14.3. The number of nitrogens with zero attached hydrogens (tertiary/aromatic N) is 3. The van der Waals surface area contributed by atoms with E-state index in [0.29, 0.717) is 18.7 Å².